The molecule has 0 bridgehead atoms. The average Bonchev–Trinajstić information content (AvgIpc) is 3.31. The highest BCUT2D eigenvalue weighted by Crippen LogP contribution is 2.38. The minimum atomic E-state index is 0.255. The van der Waals surface area contributed by atoms with Crippen LogP contribution in [0.2, 0.25) is 0 Å². The number of nitrogens with zero attached hydrogens (tertiary/aromatic N) is 3. The lowest BCUT2D eigenvalue weighted by Crippen LogP contribution is -2.13. The number of hydrogen-bond acceptors (Lipinski definition) is 6. The topological polar surface area (TPSA) is 83.4 Å². The lowest BCUT2D eigenvalue weighted by atomic mass is 9.80. The summed E-state index contributed by atoms with van der Waals surface area (Å²) in [6.45, 7) is 2.77. The van der Waals surface area contributed by atoms with Gasteiger partial charge >= 0.3 is 0 Å². The molecule has 34 heavy (non-hydrogen) atoms. The van der Waals surface area contributed by atoms with Crippen molar-refractivity contribution in [1.29, 1.82) is 5.26 Å². The second kappa shape index (κ2) is 12.0. The van der Waals surface area contributed by atoms with E-state index in [2.05, 4.69) is 28.5 Å². The standard InChI is InChI=1S/C28H32N4O2/c1-2-3-7-21-10-14-24(15-11-21)27-31-26(18-29)28(34-27)32-30-19-22-12-16-25(17-13-22)33-20-23-8-5-4-6-9-23/h4-6,8-9,12-13,16-17,19,21,24,32H,2-3,7,10-11,14-15,20H2,1H3. The molecule has 0 saturated heterocycles. The van der Waals surface area contributed by atoms with E-state index in [0.717, 1.165) is 35.6 Å². The summed E-state index contributed by atoms with van der Waals surface area (Å²) < 4.78 is 11.7. The van der Waals surface area contributed by atoms with Crippen LogP contribution < -0.4 is 10.2 Å². The minimum Gasteiger partial charge on any atom is -0.489 e. The first kappa shape index (κ1) is 23.6. The van der Waals surface area contributed by atoms with Crippen molar-refractivity contribution in [3.05, 3.63) is 77.3 Å². The van der Waals surface area contributed by atoms with E-state index in [9.17, 15) is 5.26 Å². The van der Waals surface area contributed by atoms with Crippen LogP contribution >= 0.6 is 0 Å². The smallest absolute Gasteiger partial charge is 0.252 e. The molecule has 0 spiro atoms. The molecule has 1 aliphatic rings. The summed E-state index contributed by atoms with van der Waals surface area (Å²) in [6, 6.07) is 19.9. The number of nitriles is 1. The number of ether oxygens (including phenoxy) is 1. The van der Waals surface area contributed by atoms with Gasteiger partial charge in [-0.1, -0.05) is 56.5 Å². The molecule has 4 rings (SSSR count). The second-order valence-corrected chi connectivity index (χ2v) is 8.91. The van der Waals surface area contributed by atoms with Gasteiger partial charge in [-0.2, -0.15) is 10.4 Å². The van der Waals surface area contributed by atoms with Gasteiger partial charge in [0.05, 0.1) is 6.21 Å². The molecule has 1 aliphatic carbocycles. The Kier molecular flexibility index (Phi) is 8.34. The zero-order valence-corrected chi connectivity index (χ0v) is 19.7. The molecule has 1 heterocycles. The molecule has 1 fully saturated rings. The summed E-state index contributed by atoms with van der Waals surface area (Å²) >= 11 is 0. The van der Waals surface area contributed by atoms with Gasteiger partial charge in [0.25, 0.3) is 5.88 Å². The number of anilines is 1. The van der Waals surface area contributed by atoms with Crippen LogP contribution in [0, 0.1) is 17.2 Å². The van der Waals surface area contributed by atoms with Gasteiger partial charge < -0.3 is 9.15 Å². The number of rotatable bonds is 10. The van der Waals surface area contributed by atoms with Crippen LogP contribution in [0.5, 0.6) is 5.75 Å². The van der Waals surface area contributed by atoms with Crippen molar-refractivity contribution < 1.29 is 9.15 Å². The Hall–Kier alpha value is -3.59. The highest BCUT2D eigenvalue weighted by molar-refractivity contribution is 5.80. The minimum absolute atomic E-state index is 0.255. The largest absolute Gasteiger partial charge is 0.489 e. The quantitative estimate of drug-likeness (QED) is 0.261. The van der Waals surface area contributed by atoms with E-state index in [-0.39, 0.29) is 11.6 Å². The van der Waals surface area contributed by atoms with E-state index >= 15 is 0 Å². The lowest BCUT2D eigenvalue weighted by molar-refractivity contribution is 0.278. The number of unbranched alkanes of at least 4 members (excludes halogenated alkanes) is 1. The molecule has 1 aromatic heterocycles. The van der Waals surface area contributed by atoms with Gasteiger partial charge in [0.2, 0.25) is 11.6 Å². The first-order valence-electron chi connectivity index (χ1n) is 12.2. The van der Waals surface area contributed by atoms with Crippen molar-refractivity contribution in [2.75, 3.05) is 5.43 Å². The van der Waals surface area contributed by atoms with E-state index in [0.29, 0.717) is 18.4 Å². The zero-order valence-electron chi connectivity index (χ0n) is 19.7. The van der Waals surface area contributed by atoms with Crippen molar-refractivity contribution in [1.82, 2.24) is 4.98 Å². The first-order chi connectivity index (χ1) is 16.7. The normalized spacial score (nSPS) is 18.0. The fraction of sp³-hybridized carbons (Fsp3) is 0.393. The molecule has 6 nitrogen and oxygen atoms in total. The molecule has 3 aromatic rings. The van der Waals surface area contributed by atoms with Crippen molar-refractivity contribution >= 4 is 12.1 Å². The van der Waals surface area contributed by atoms with Crippen molar-refractivity contribution in [2.24, 2.45) is 11.0 Å². The summed E-state index contributed by atoms with van der Waals surface area (Å²) in [6.07, 6.45) is 10.1. The predicted octanol–water partition coefficient (Wildman–Crippen LogP) is 7.04. The molecule has 2 aromatic carbocycles. The fourth-order valence-electron chi connectivity index (χ4n) is 4.41. The van der Waals surface area contributed by atoms with Crippen molar-refractivity contribution in [3.63, 3.8) is 0 Å². The molecule has 0 unspecified atom stereocenters. The zero-order chi connectivity index (χ0) is 23.6. The third-order valence-corrected chi connectivity index (χ3v) is 6.42. The van der Waals surface area contributed by atoms with Gasteiger partial charge in [-0.3, -0.25) is 0 Å². The molecule has 176 valence electrons. The van der Waals surface area contributed by atoms with Crippen molar-refractivity contribution in [3.8, 4) is 11.8 Å². The SMILES string of the molecule is CCCCC1CCC(c2nc(C#N)c(NN=Cc3ccc(OCc4ccccc4)cc3)o2)CC1. The van der Waals surface area contributed by atoms with Gasteiger partial charge in [-0.15, -0.1) is 0 Å². The molecule has 6 heteroatoms. The van der Waals surface area contributed by atoms with Crippen LogP contribution in [0.4, 0.5) is 5.88 Å². The summed E-state index contributed by atoms with van der Waals surface area (Å²) in [7, 11) is 0. The second-order valence-electron chi connectivity index (χ2n) is 8.91. The van der Waals surface area contributed by atoms with E-state index in [1.807, 2.05) is 54.6 Å². The number of hydrazone groups is 1. The van der Waals surface area contributed by atoms with E-state index < -0.39 is 0 Å². The van der Waals surface area contributed by atoms with Crippen LogP contribution in [-0.2, 0) is 6.61 Å². The van der Waals surface area contributed by atoms with Crippen LogP contribution in [0.15, 0.2) is 64.1 Å². The predicted molar refractivity (Wildman–Crippen MR) is 134 cm³/mol. The molecule has 1 N–H and O–H groups in total. The molecular weight excluding hydrogens is 424 g/mol. The number of hydrogen-bond donors (Lipinski definition) is 1. The Morgan fingerprint density at radius 1 is 1.12 bits per heavy atom. The molecule has 1 saturated carbocycles. The maximum atomic E-state index is 9.47. The van der Waals surface area contributed by atoms with Gasteiger partial charge in [0.15, 0.2) is 0 Å². The Labute approximate surface area is 201 Å². The number of benzene rings is 2. The summed E-state index contributed by atoms with van der Waals surface area (Å²) in [4.78, 5) is 4.44. The first-order valence-corrected chi connectivity index (χ1v) is 12.2. The highest BCUT2D eigenvalue weighted by atomic mass is 16.5. The number of nitrogens with one attached hydrogen (secondary N) is 1. The Morgan fingerprint density at radius 2 is 1.88 bits per heavy atom. The monoisotopic (exact) mass is 456 g/mol. The maximum Gasteiger partial charge on any atom is 0.252 e. The number of oxazole rings is 1. The molecule has 0 amide bonds. The van der Waals surface area contributed by atoms with Crippen LogP contribution in [0.3, 0.4) is 0 Å². The van der Waals surface area contributed by atoms with Gasteiger partial charge in [-0.05, 0) is 67.0 Å². The summed E-state index contributed by atoms with van der Waals surface area (Å²) in [5.74, 6) is 2.87. The molecule has 0 radical (unpaired) electrons. The van der Waals surface area contributed by atoms with Gasteiger partial charge in [-0.25, -0.2) is 10.4 Å². The van der Waals surface area contributed by atoms with E-state index in [1.54, 1.807) is 6.21 Å². The molecular formula is C28H32N4O2. The third-order valence-electron chi connectivity index (χ3n) is 6.42. The van der Waals surface area contributed by atoms with Crippen LogP contribution in [-0.4, -0.2) is 11.2 Å². The third kappa shape index (κ3) is 6.48. The fourth-order valence-corrected chi connectivity index (χ4v) is 4.41. The number of aromatic nitrogens is 1. The summed E-state index contributed by atoms with van der Waals surface area (Å²) in [5, 5.41) is 13.7. The Morgan fingerprint density at radius 3 is 2.59 bits per heavy atom. The van der Waals surface area contributed by atoms with Crippen LogP contribution in [0.1, 0.15) is 80.5 Å². The highest BCUT2D eigenvalue weighted by Gasteiger charge is 2.27. The lowest BCUT2D eigenvalue weighted by Gasteiger charge is -2.26. The summed E-state index contributed by atoms with van der Waals surface area (Å²) in [5.41, 5.74) is 5.14. The van der Waals surface area contributed by atoms with Gasteiger partial charge in [0, 0.05) is 5.92 Å². The van der Waals surface area contributed by atoms with Gasteiger partial charge in [0.1, 0.15) is 18.4 Å². The Balaban J connectivity index is 1.29. The Bertz CT molecular complexity index is 1090. The maximum absolute atomic E-state index is 9.47. The van der Waals surface area contributed by atoms with E-state index in [4.69, 9.17) is 9.15 Å². The molecule has 0 aliphatic heterocycles. The van der Waals surface area contributed by atoms with Crippen molar-refractivity contribution in [2.45, 2.75) is 64.4 Å². The molecule has 0 atom stereocenters. The van der Waals surface area contributed by atoms with Crippen LogP contribution in [0.25, 0.3) is 0 Å². The average molecular weight is 457 g/mol. The van der Waals surface area contributed by atoms with E-state index in [1.165, 1.54) is 32.1 Å².